The SMILES string of the molecule is Cc1n[nH]c(C(=O)N2CCCC(C(F)(F)F)C2)c1O. The number of nitrogens with one attached hydrogen (secondary N) is 1. The lowest BCUT2D eigenvalue weighted by atomic mass is 9.97. The number of rotatable bonds is 1. The van der Waals surface area contributed by atoms with Gasteiger partial charge in [0, 0.05) is 13.1 Å². The first-order valence-electron chi connectivity index (χ1n) is 5.90. The number of aryl methyl sites for hydroxylation is 1. The molecule has 1 aliphatic heterocycles. The third-order valence-corrected chi connectivity index (χ3v) is 3.30. The minimum atomic E-state index is -4.30. The van der Waals surface area contributed by atoms with Gasteiger partial charge in [-0.3, -0.25) is 9.89 Å². The Kier molecular flexibility index (Phi) is 3.42. The number of aromatic hydroxyl groups is 1. The molecular weight excluding hydrogens is 263 g/mol. The van der Waals surface area contributed by atoms with Crippen LogP contribution in [0.5, 0.6) is 5.75 Å². The summed E-state index contributed by atoms with van der Waals surface area (Å²) < 4.78 is 38.0. The molecule has 2 heterocycles. The van der Waals surface area contributed by atoms with Crippen molar-refractivity contribution in [2.24, 2.45) is 5.92 Å². The third kappa shape index (κ3) is 2.66. The van der Waals surface area contributed by atoms with Crippen LogP contribution in [0.2, 0.25) is 0 Å². The van der Waals surface area contributed by atoms with E-state index in [1.54, 1.807) is 0 Å². The van der Waals surface area contributed by atoms with E-state index in [0.29, 0.717) is 6.42 Å². The smallest absolute Gasteiger partial charge is 0.393 e. The molecule has 5 nitrogen and oxygen atoms in total. The molecule has 0 saturated carbocycles. The van der Waals surface area contributed by atoms with Gasteiger partial charge in [-0.05, 0) is 19.8 Å². The van der Waals surface area contributed by atoms with E-state index in [-0.39, 0.29) is 36.6 Å². The van der Waals surface area contributed by atoms with Gasteiger partial charge in [0.15, 0.2) is 11.4 Å². The summed E-state index contributed by atoms with van der Waals surface area (Å²) in [5, 5.41) is 15.6. The van der Waals surface area contributed by atoms with Gasteiger partial charge in [-0.25, -0.2) is 0 Å². The second kappa shape index (κ2) is 4.75. The van der Waals surface area contributed by atoms with E-state index in [1.165, 1.54) is 6.92 Å². The van der Waals surface area contributed by atoms with E-state index in [4.69, 9.17) is 0 Å². The second-order valence-corrected chi connectivity index (χ2v) is 4.66. The van der Waals surface area contributed by atoms with E-state index in [1.807, 2.05) is 0 Å². The standard InChI is InChI=1S/C11H14F3N3O2/c1-6-9(18)8(16-15-6)10(19)17-4-2-3-7(5-17)11(12,13)14/h7,18H,2-5H2,1H3,(H,15,16). The Morgan fingerprint density at radius 2 is 2.21 bits per heavy atom. The number of amides is 1. The van der Waals surface area contributed by atoms with Crippen LogP contribution in [-0.4, -0.2) is 45.4 Å². The molecule has 0 aromatic carbocycles. The van der Waals surface area contributed by atoms with Gasteiger partial charge in [-0.1, -0.05) is 0 Å². The Balaban J connectivity index is 2.14. The second-order valence-electron chi connectivity index (χ2n) is 4.66. The summed E-state index contributed by atoms with van der Waals surface area (Å²) in [6.45, 7) is 1.38. The first kappa shape index (κ1) is 13.7. The number of hydrogen-bond acceptors (Lipinski definition) is 3. The molecule has 1 saturated heterocycles. The number of hydrogen-bond donors (Lipinski definition) is 2. The van der Waals surface area contributed by atoms with Crippen molar-refractivity contribution in [2.75, 3.05) is 13.1 Å². The van der Waals surface area contributed by atoms with Crippen LogP contribution >= 0.6 is 0 Å². The molecule has 2 rings (SSSR count). The van der Waals surface area contributed by atoms with Gasteiger partial charge in [0.25, 0.3) is 5.91 Å². The number of carbonyl (C=O) groups is 1. The number of piperidine rings is 1. The summed E-state index contributed by atoms with van der Waals surface area (Å²) in [6, 6.07) is 0. The average Bonchev–Trinajstić information content (AvgIpc) is 2.68. The zero-order valence-corrected chi connectivity index (χ0v) is 10.3. The number of aromatic nitrogens is 2. The van der Waals surface area contributed by atoms with Gasteiger partial charge in [0.2, 0.25) is 0 Å². The van der Waals surface area contributed by atoms with Crippen molar-refractivity contribution in [2.45, 2.75) is 25.9 Å². The number of carbonyl (C=O) groups excluding carboxylic acids is 1. The molecule has 0 radical (unpaired) electrons. The van der Waals surface area contributed by atoms with Crippen LogP contribution in [0.1, 0.15) is 29.0 Å². The molecule has 2 N–H and O–H groups in total. The van der Waals surface area contributed by atoms with Gasteiger partial charge in [0.05, 0.1) is 5.92 Å². The number of aromatic amines is 1. The molecule has 106 valence electrons. The zero-order chi connectivity index (χ0) is 14.2. The lowest BCUT2D eigenvalue weighted by Crippen LogP contribution is -2.44. The summed E-state index contributed by atoms with van der Waals surface area (Å²) in [5.41, 5.74) is 0.0908. The highest BCUT2D eigenvalue weighted by Crippen LogP contribution is 2.34. The molecule has 1 fully saturated rings. The number of nitrogens with zero attached hydrogens (tertiary/aromatic N) is 2. The minimum Gasteiger partial charge on any atom is -0.504 e. The minimum absolute atomic E-state index is 0.0290. The Hall–Kier alpha value is -1.73. The Morgan fingerprint density at radius 1 is 1.53 bits per heavy atom. The summed E-state index contributed by atoms with van der Waals surface area (Å²) in [7, 11) is 0. The zero-order valence-electron chi connectivity index (χ0n) is 10.3. The van der Waals surface area contributed by atoms with Crippen molar-refractivity contribution in [3.8, 4) is 5.75 Å². The van der Waals surface area contributed by atoms with Crippen molar-refractivity contribution >= 4 is 5.91 Å². The normalized spacial score (nSPS) is 20.6. The molecule has 1 unspecified atom stereocenters. The first-order chi connectivity index (χ1) is 8.80. The molecule has 19 heavy (non-hydrogen) atoms. The molecule has 1 aromatic heterocycles. The van der Waals surface area contributed by atoms with Gasteiger partial charge in [-0.2, -0.15) is 18.3 Å². The van der Waals surface area contributed by atoms with Crippen molar-refractivity contribution < 1.29 is 23.1 Å². The third-order valence-electron chi connectivity index (χ3n) is 3.30. The molecule has 0 spiro atoms. The highest BCUT2D eigenvalue weighted by molar-refractivity contribution is 5.95. The molecule has 0 aliphatic carbocycles. The summed E-state index contributed by atoms with van der Waals surface area (Å²) in [6.07, 6.45) is -3.98. The molecular formula is C11H14F3N3O2. The molecule has 1 amide bonds. The summed E-state index contributed by atoms with van der Waals surface area (Å²) >= 11 is 0. The largest absolute Gasteiger partial charge is 0.504 e. The topological polar surface area (TPSA) is 69.2 Å². The number of halogens is 3. The van der Waals surface area contributed by atoms with Crippen LogP contribution in [0, 0.1) is 12.8 Å². The maximum atomic E-state index is 12.7. The molecule has 0 bridgehead atoms. The van der Waals surface area contributed by atoms with Crippen LogP contribution in [0.3, 0.4) is 0 Å². The highest BCUT2D eigenvalue weighted by atomic mass is 19.4. The fourth-order valence-electron chi connectivity index (χ4n) is 2.16. The number of likely N-dealkylation sites (tertiary alicyclic amines) is 1. The van der Waals surface area contributed by atoms with Crippen LogP contribution in [0.15, 0.2) is 0 Å². The summed E-state index contributed by atoms with van der Waals surface area (Å²) in [4.78, 5) is 13.1. The van der Waals surface area contributed by atoms with Crippen LogP contribution < -0.4 is 0 Å². The first-order valence-corrected chi connectivity index (χ1v) is 5.90. The molecule has 1 aliphatic rings. The van der Waals surface area contributed by atoms with Crippen molar-refractivity contribution in [1.82, 2.24) is 15.1 Å². The Bertz CT molecular complexity index is 484. The van der Waals surface area contributed by atoms with Crippen LogP contribution in [0.4, 0.5) is 13.2 Å². The van der Waals surface area contributed by atoms with E-state index >= 15 is 0 Å². The highest BCUT2D eigenvalue weighted by Gasteiger charge is 2.43. The Labute approximate surface area is 107 Å². The van der Waals surface area contributed by atoms with Gasteiger partial charge < -0.3 is 10.0 Å². The van der Waals surface area contributed by atoms with Crippen molar-refractivity contribution in [1.29, 1.82) is 0 Å². The van der Waals surface area contributed by atoms with Crippen molar-refractivity contribution in [3.05, 3.63) is 11.4 Å². The van der Waals surface area contributed by atoms with Crippen LogP contribution in [0.25, 0.3) is 0 Å². The van der Waals surface area contributed by atoms with E-state index in [9.17, 15) is 23.1 Å². The maximum absolute atomic E-state index is 12.7. The van der Waals surface area contributed by atoms with Crippen molar-refractivity contribution in [3.63, 3.8) is 0 Å². The van der Waals surface area contributed by atoms with Crippen LogP contribution in [-0.2, 0) is 0 Å². The maximum Gasteiger partial charge on any atom is 0.393 e. The fraction of sp³-hybridized carbons (Fsp3) is 0.636. The van der Waals surface area contributed by atoms with Gasteiger partial charge in [-0.15, -0.1) is 0 Å². The summed E-state index contributed by atoms with van der Waals surface area (Å²) in [5.74, 6) is -2.46. The van der Waals surface area contributed by atoms with E-state index in [2.05, 4.69) is 10.2 Å². The lowest BCUT2D eigenvalue weighted by molar-refractivity contribution is -0.184. The quantitative estimate of drug-likeness (QED) is 0.823. The Morgan fingerprint density at radius 3 is 2.74 bits per heavy atom. The predicted octanol–water partition coefficient (Wildman–Crippen LogP) is 1.84. The monoisotopic (exact) mass is 277 g/mol. The lowest BCUT2D eigenvalue weighted by Gasteiger charge is -2.33. The fourth-order valence-corrected chi connectivity index (χ4v) is 2.16. The van der Waals surface area contributed by atoms with E-state index < -0.39 is 18.0 Å². The average molecular weight is 277 g/mol. The molecule has 8 heteroatoms. The van der Waals surface area contributed by atoms with Gasteiger partial charge >= 0.3 is 6.18 Å². The van der Waals surface area contributed by atoms with E-state index in [0.717, 1.165) is 4.90 Å². The number of alkyl halides is 3. The molecule has 1 atom stereocenters. The predicted molar refractivity (Wildman–Crippen MR) is 59.7 cm³/mol. The number of H-pyrrole nitrogens is 1. The van der Waals surface area contributed by atoms with Gasteiger partial charge in [0.1, 0.15) is 5.69 Å². The molecule has 1 aromatic rings.